The third-order valence-corrected chi connectivity index (χ3v) is 5.49. The van der Waals surface area contributed by atoms with Crippen LogP contribution in [-0.2, 0) is 11.3 Å². The molecule has 0 aliphatic heterocycles. The monoisotopic (exact) mass is 375 g/mol. The van der Waals surface area contributed by atoms with Gasteiger partial charge in [0.05, 0.1) is 11.6 Å². The first-order chi connectivity index (χ1) is 12.1. The van der Waals surface area contributed by atoms with E-state index in [4.69, 9.17) is 0 Å². The summed E-state index contributed by atoms with van der Waals surface area (Å²) >= 11 is 3.19. The van der Waals surface area contributed by atoms with Gasteiger partial charge in [0.25, 0.3) is 5.56 Å². The summed E-state index contributed by atoms with van der Waals surface area (Å²) in [5.74, 6) is 0.630. The molecule has 3 rings (SSSR count). The van der Waals surface area contributed by atoms with Gasteiger partial charge < -0.3 is 5.32 Å². The molecule has 1 N–H and O–H groups in total. The first-order valence-corrected chi connectivity index (χ1v) is 9.58. The second kappa shape index (κ2) is 8.21. The Morgan fingerprint density at radius 1 is 1.32 bits per heavy atom. The quantitative estimate of drug-likeness (QED) is 0.501. The fourth-order valence-corrected chi connectivity index (χ4v) is 4.05. The minimum absolute atomic E-state index is 0.0770. The fourth-order valence-electron chi connectivity index (χ4n) is 2.23. The van der Waals surface area contributed by atoms with Crippen LogP contribution in [0.4, 0.5) is 0 Å². The van der Waals surface area contributed by atoms with Gasteiger partial charge in [0, 0.05) is 17.7 Å². The van der Waals surface area contributed by atoms with Crippen LogP contribution >= 0.6 is 23.1 Å². The molecule has 0 aliphatic carbocycles. The lowest BCUT2D eigenvalue weighted by molar-refractivity contribution is -0.121. The van der Waals surface area contributed by atoms with Crippen molar-refractivity contribution in [3.8, 4) is 0 Å². The van der Waals surface area contributed by atoms with E-state index >= 15 is 0 Å². The van der Waals surface area contributed by atoms with Gasteiger partial charge in [0.1, 0.15) is 11.6 Å². The minimum atomic E-state index is -0.254. The van der Waals surface area contributed by atoms with Crippen LogP contribution < -0.4 is 10.9 Å². The molecule has 0 atom stereocenters. The van der Waals surface area contributed by atoms with Crippen molar-refractivity contribution >= 4 is 39.8 Å². The zero-order valence-electron chi connectivity index (χ0n) is 13.6. The molecule has 0 saturated heterocycles. The number of thioether (sulfide) groups is 1. The summed E-state index contributed by atoms with van der Waals surface area (Å²) in [7, 11) is 0. The highest BCUT2D eigenvalue weighted by Gasteiger charge is 2.08. The Morgan fingerprint density at radius 3 is 2.96 bits per heavy atom. The van der Waals surface area contributed by atoms with E-state index in [1.54, 1.807) is 41.4 Å². The number of hydrogen-bond donors (Lipinski definition) is 1. The lowest BCUT2D eigenvalue weighted by atomic mass is 10.2. The van der Waals surface area contributed by atoms with Crippen molar-refractivity contribution in [1.82, 2.24) is 25.3 Å². The third kappa shape index (κ3) is 4.64. The van der Waals surface area contributed by atoms with Crippen molar-refractivity contribution in [2.24, 2.45) is 0 Å². The third-order valence-electron chi connectivity index (χ3n) is 3.43. The topological polar surface area (TPSA) is 89.8 Å². The Bertz CT molecular complexity index is 937. The molecule has 2 aromatic heterocycles. The fraction of sp³-hybridized carbons (Fsp3) is 0.312. The molecule has 7 nitrogen and oxygen atoms in total. The number of amides is 1. The maximum Gasteiger partial charge on any atom is 0.275 e. The second-order valence-electron chi connectivity index (χ2n) is 5.33. The number of benzene rings is 1. The van der Waals surface area contributed by atoms with E-state index in [0.29, 0.717) is 11.9 Å². The summed E-state index contributed by atoms with van der Waals surface area (Å²) < 4.78 is 2.13. The van der Waals surface area contributed by atoms with Crippen molar-refractivity contribution in [3.05, 3.63) is 45.8 Å². The molecule has 0 unspecified atom stereocenters. The molecule has 0 bridgehead atoms. The molecule has 0 fully saturated rings. The van der Waals surface area contributed by atoms with Crippen molar-refractivity contribution in [1.29, 1.82) is 0 Å². The molecule has 0 saturated carbocycles. The van der Waals surface area contributed by atoms with Crippen molar-refractivity contribution < 1.29 is 4.79 Å². The standard InChI is InChI=1S/C16H17N5O2S2/c1-11-19-20-16(25-11)24-8-4-7-17-14(22)10-21-15(23)13-6-3-2-5-12(13)9-18-21/h2-3,5-6,9H,4,7-8,10H2,1H3,(H,17,22). The Labute approximate surface area is 152 Å². The summed E-state index contributed by atoms with van der Waals surface area (Å²) in [5.41, 5.74) is -0.254. The maximum atomic E-state index is 12.3. The second-order valence-corrected chi connectivity index (χ2v) is 7.86. The molecule has 0 radical (unpaired) electrons. The van der Waals surface area contributed by atoms with Gasteiger partial charge >= 0.3 is 0 Å². The lowest BCUT2D eigenvalue weighted by Crippen LogP contribution is -2.34. The number of carbonyl (C=O) groups excluding carboxylic acids is 1. The van der Waals surface area contributed by atoms with Crippen LogP contribution in [0.25, 0.3) is 10.8 Å². The van der Waals surface area contributed by atoms with E-state index in [2.05, 4.69) is 20.6 Å². The van der Waals surface area contributed by atoms with Crippen molar-refractivity contribution in [3.63, 3.8) is 0 Å². The van der Waals surface area contributed by atoms with Gasteiger partial charge in [-0.3, -0.25) is 9.59 Å². The number of fused-ring (bicyclic) bond motifs is 1. The average molecular weight is 375 g/mol. The van der Waals surface area contributed by atoms with Crippen LogP contribution in [0, 0.1) is 6.92 Å². The SMILES string of the molecule is Cc1nnc(SCCCNC(=O)Cn2ncc3ccccc3c2=O)s1. The zero-order chi connectivity index (χ0) is 17.6. The lowest BCUT2D eigenvalue weighted by Gasteiger charge is -2.07. The molecule has 1 amide bonds. The van der Waals surface area contributed by atoms with Crippen LogP contribution in [0.15, 0.2) is 39.6 Å². The van der Waals surface area contributed by atoms with E-state index in [1.165, 1.54) is 4.68 Å². The molecule has 25 heavy (non-hydrogen) atoms. The summed E-state index contributed by atoms with van der Waals surface area (Å²) in [6, 6.07) is 7.21. The van der Waals surface area contributed by atoms with Crippen LogP contribution in [0.5, 0.6) is 0 Å². The van der Waals surface area contributed by atoms with Gasteiger partial charge in [-0.05, 0) is 19.4 Å². The van der Waals surface area contributed by atoms with Crippen LogP contribution in [0.2, 0.25) is 0 Å². The summed E-state index contributed by atoms with van der Waals surface area (Å²) in [6.07, 6.45) is 2.42. The number of nitrogens with zero attached hydrogens (tertiary/aromatic N) is 4. The Morgan fingerprint density at radius 2 is 2.16 bits per heavy atom. The van der Waals surface area contributed by atoms with Gasteiger partial charge in [-0.15, -0.1) is 10.2 Å². The summed E-state index contributed by atoms with van der Waals surface area (Å²) in [4.78, 5) is 24.3. The van der Waals surface area contributed by atoms with E-state index in [-0.39, 0.29) is 18.0 Å². The van der Waals surface area contributed by atoms with Gasteiger partial charge in [0.2, 0.25) is 5.91 Å². The molecule has 130 valence electrons. The molecule has 0 aliphatic rings. The largest absolute Gasteiger partial charge is 0.354 e. The van der Waals surface area contributed by atoms with Crippen molar-refractivity contribution in [2.45, 2.75) is 24.2 Å². The normalized spacial score (nSPS) is 10.9. The number of rotatable bonds is 7. The average Bonchev–Trinajstić information content (AvgIpc) is 3.02. The van der Waals surface area contributed by atoms with E-state index in [0.717, 1.165) is 26.9 Å². The number of nitrogens with one attached hydrogen (secondary N) is 1. The van der Waals surface area contributed by atoms with Gasteiger partial charge in [-0.1, -0.05) is 41.3 Å². The number of carbonyl (C=O) groups is 1. The highest BCUT2D eigenvalue weighted by atomic mass is 32.2. The van der Waals surface area contributed by atoms with Gasteiger partial charge in [-0.25, -0.2) is 4.68 Å². The molecule has 2 heterocycles. The van der Waals surface area contributed by atoms with Crippen LogP contribution in [-0.4, -0.2) is 38.2 Å². The predicted molar refractivity (Wildman–Crippen MR) is 99.0 cm³/mol. The molecule has 0 spiro atoms. The number of aryl methyl sites for hydroxylation is 1. The van der Waals surface area contributed by atoms with Crippen LogP contribution in [0.3, 0.4) is 0 Å². The smallest absolute Gasteiger partial charge is 0.275 e. The molecule has 1 aromatic carbocycles. The zero-order valence-corrected chi connectivity index (χ0v) is 15.3. The molecule has 3 aromatic rings. The Hall–Kier alpha value is -2.26. The molecular weight excluding hydrogens is 358 g/mol. The van der Waals surface area contributed by atoms with Gasteiger partial charge in [0.15, 0.2) is 4.34 Å². The van der Waals surface area contributed by atoms with Gasteiger partial charge in [-0.2, -0.15) is 5.10 Å². The number of aromatic nitrogens is 4. The van der Waals surface area contributed by atoms with Crippen molar-refractivity contribution in [2.75, 3.05) is 12.3 Å². The summed E-state index contributed by atoms with van der Waals surface area (Å²) in [5, 5.41) is 17.2. The molecule has 9 heteroatoms. The first-order valence-electron chi connectivity index (χ1n) is 7.78. The molecular formula is C16H17N5O2S2. The number of hydrogen-bond acceptors (Lipinski definition) is 7. The first kappa shape index (κ1) is 17.6. The van der Waals surface area contributed by atoms with E-state index in [9.17, 15) is 9.59 Å². The predicted octanol–water partition coefficient (Wildman–Crippen LogP) is 1.86. The highest BCUT2D eigenvalue weighted by Crippen LogP contribution is 2.21. The maximum absolute atomic E-state index is 12.3. The Balaban J connectivity index is 1.46. The van der Waals surface area contributed by atoms with E-state index in [1.807, 2.05) is 19.1 Å². The summed E-state index contributed by atoms with van der Waals surface area (Å²) in [6.45, 7) is 2.39. The highest BCUT2D eigenvalue weighted by molar-refractivity contribution is 8.01. The minimum Gasteiger partial charge on any atom is -0.354 e. The van der Waals surface area contributed by atoms with E-state index < -0.39 is 0 Å². The Kier molecular flexibility index (Phi) is 5.77. The van der Waals surface area contributed by atoms with Crippen LogP contribution in [0.1, 0.15) is 11.4 Å².